The van der Waals surface area contributed by atoms with Crippen LogP contribution >= 0.6 is 27.5 Å². The third-order valence-electron chi connectivity index (χ3n) is 1.83. The van der Waals surface area contributed by atoms with Crippen LogP contribution < -0.4 is 5.32 Å². The molecule has 0 unspecified atom stereocenters. The average molecular weight is 246 g/mol. The number of benzene rings is 1. The lowest BCUT2D eigenvalue weighted by molar-refractivity contribution is 0.0966. The van der Waals surface area contributed by atoms with Crippen LogP contribution in [-0.4, -0.2) is 5.91 Å². The Kier molecular flexibility index (Phi) is 1.85. The van der Waals surface area contributed by atoms with Crippen LogP contribution in [-0.2, 0) is 6.54 Å². The van der Waals surface area contributed by atoms with Gasteiger partial charge in [0.15, 0.2) is 0 Å². The second kappa shape index (κ2) is 2.75. The molecule has 1 amide bonds. The predicted octanol–water partition coefficient (Wildman–Crippen LogP) is 2.35. The highest BCUT2D eigenvalue weighted by atomic mass is 79.9. The van der Waals surface area contributed by atoms with Crippen LogP contribution in [0.15, 0.2) is 16.6 Å². The maximum absolute atomic E-state index is 11.2. The highest BCUT2D eigenvalue weighted by Gasteiger charge is 2.21. The van der Waals surface area contributed by atoms with Gasteiger partial charge in [0, 0.05) is 21.6 Å². The monoisotopic (exact) mass is 245 g/mol. The molecule has 0 spiro atoms. The van der Waals surface area contributed by atoms with Gasteiger partial charge in [0.2, 0.25) is 0 Å². The highest BCUT2D eigenvalue weighted by Crippen LogP contribution is 2.28. The summed E-state index contributed by atoms with van der Waals surface area (Å²) in [6.45, 7) is 0.589. The van der Waals surface area contributed by atoms with Crippen molar-refractivity contribution in [2.75, 3.05) is 0 Å². The molecule has 1 heterocycles. The van der Waals surface area contributed by atoms with E-state index in [1.807, 2.05) is 0 Å². The number of hydrogen-bond donors (Lipinski definition) is 1. The average Bonchev–Trinajstić information content (AvgIpc) is 2.33. The second-order valence-electron chi connectivity index (χ2n) is 2.60. The molecule has 12 heavy (non-hydrogen) atoms. The van der Waals surface area contributed by atoms with E-state index in [1.165, 1.54) is 0 Å². The summed E-state index contributed by atoms with van der Waals surface area (Å²) in [5.74, 6) is -0.0480. The summed E-state index contributed by atoms with van der Waals surface area (Å²) in [5, 5.41) is 3.31. The molecular weight excluding hydrogens is 241 g/mol. The first-order valence-electron chi connectivity index (χ1n) is 3.44. The lowest BCUT2D eigenvalue weighted by atomic mass is 10.1. The Morgan fingerprint density at radius 1 is 1.50 bits per heavy atom. The first-order chi connectivity index (χ1) is 5.68. The number of halogens is 2. The molecule has 0 saturated heterocycles. The maximum Gasteiger partial charge on any atom is 0.251 e. The topological polar surface area (TPSA) is 29.1 Å². The van der Waals surface area contributed by atoms with Crippen LogP contribution in [0.3, 0.4) is 0 Å². The van der Waals surface area contributed by atoms with Crippen molar-refractivity contribution in [2.45, 2.75) is 6.54 Å². The fraction of sp³-hybridized carbons (Fsp3) is 0.125. The van der Waals surface area contributed by atoms with Crippen molar-refractivity contribution >= 4 is 33.4 Å². The van der Waals surface area contributed by atoms with Crippen molar-refractivity contribution in [3.05, 3.63) is 32.8 Å². The largest absolute Gasteiger partial charge is 0.348 e. The standard InChI is InChI=1S/C8H5BrClNO/c9-7-2-4(10)1-5-6(7)3-11-8(5)12/h1-2H,3H2,(H,11,12). The molecule has 0 atom stereocenters. The summed E-state index contributed by atoms with van der Waals surface area (Å²) < 4.78 is 0.892. The third-order valence-corrected chi connectivity index (χ3v) is 2.76. The van der Waals surface area contributed by atoms with Gasteiger partial charge in [0.1, 0.15) is 0 Å². The maximum atomic E-state index is 11.2. The molecule has 1 aliphatic heterocycles. The quantitative estimate of drug-likeness (QED) is 0.748. The van der Waals surface area contributed by atoms with E-state index in [4.69, 9.17) is 11.6 Å². The van der Waals surface area contributed by atoms with Crippen LogP contribution in [0.25, 0.3) is 0 Å². The van der Waals surface area contributed by atoms with Gasteiger partial charge >= 0.3 is 0 Å². The minimum absolute atomic E-state index is 0.0480. The SMILES string of the molecule is O=C1NCc2c(Br)cc(Cl)cc21. The van der Waals surface area contributed by atoms with E-state index in [2.05, 4.69) is 21.2 Å². The molecule has 1 aromatic carbocycles. The Bertz CT molecular complexity index is 364. The Morgan fingerprint density at radius 2 is 2.25 bits per heavy atom. The molecule has 1 aromatic rings. The van der Waals surface area contributed by atoms with Gasteiger partial charge in [-0.05, 0) is 17.7 Å². The van der Waals surface area contributed by atoms with E-state index < -0.39 is 0 Å². The van der Waals surface area contributed by atoms with Gasteiger partial charge in [0.05, 0.1) is 0 Å². The molecule has 0 saturated carbocycles. The number of nitrogens with one attached hydrogen (secondary N) is 1. The Balaban J connectivity index is 2.68. The minimum atomic E-state index is -0.0480. The molecule has 2 rings (SSSR count). The van der Waals surface area contributed by atoms with E-state index in [-0.39, 0.29) is 5.91 Å². The van der Waals surface area contributed by atoms with Crippen molar-refractivity contribution in [3.63, 3.8) is 0 Å². The molecular formula is C8H5BrClNO. The van der Waals surface area contributed by atoms with Crippen LogP contribution in [0.5, 0.6) is 0 Å². The summed E-state index contributed by atoms with van der Waals surface area (Å²) in [7, 11) is 0. The molecule has 0 aliphatic carbocycles. The van der Waals surface area contributed by atoms with Crippen LogP contribution in [0.1, 0.15) is 15.9 Å². The lowest BCUT2D eigenvalue weighted by Gasteiger charge is -1.99. The van der Waals surface area contributed by atoms with Gasteiger partial charge in [0.25, 0.3) is 5.91 Å². The van der Waals surface area contributed by atoms with Gasteiger partial charge in [-0.2, -0.15) is 0 Å². The zero-order valence-electron chi connectivity index (χ0n) is 6.03. The third kappa shape index (κ3) is 1.13. The zero-order chi connectivity index (χ0) is 8.72. The van der Waals surface area contributed by atoms with Crippen molar-refractivity contribution < 1.29 is 4.79 Å². The molecule has 0 radical (unpaired) electrons. The Morgan fingerprint density at radius 3 is 3.00 bits per heavy atom. The molecule has 0 aromatic heterocycles. The van der Waals surface area contributed by atoms with Crippen molar-refractivity contribution in [1.29, 1.82) is 0 Å². The van der Waals surface area contributed by atoms with E-state index in [9.17, 15) is 4.79 Å². The van der Waals surface area contributed by atoms with Gasteiger partial charge in [-0.25, -0.2) is 0 Å². The number of rotatable bonds is 0. The minimum Gasteiger partial charge on any atom is -0.348 e. The highest BCUT2D eigenvalue weighted by molar-refractivity contribution is 9.10. The van der Waals surface area contributed by atoms with Crippen molar-refractivity contribution in [3.8, 4) is 0 Å². The van der Waals surface area contributed by atoms with Gasteiger partial charge < -0.3 is 5.32 Å². The molecule has 0 bridgehead atoms. The molecule has 62 valence electrons. The summed E-state index contributed by atoms with van der Waals surface area (Å²) >= 11 is 9.13. The number of hydrogen-bond acceptors (Lipinski definition) is 1. The van der Waals surface area contributed by atoms with Crippen LogP contribution in [0.2, 0.25) is 5.02 Å². The number of carbonyl (C=O) groups excluding carboxylic acids is 1. The summed E-state index contributed by atoms with van der Waals surface area (Å²) in [6.07, 6.45) is 0. The van der Waals surface area contributed by atoms with Gasteiger partial charge in [-0.15, -0.1) is 0 Å². The van der Waals surface area contributed by atoms with Gasteiger partial charge in [-0.3, -0.25) is 4.79 Å². The van der Waals surface area contributed by atoms with E-state index >= 15 is 0 Å². The Labute approximate surface area is 83.0 Å². The Hall–Kier alpha value is -0.540. The van der Waals surface area contributed by atoms with Crippen LogP contribution in [0.4, 0.5) is 0 Å². The van der Waals surface area contributed by atoms with Crippen molar-refractivity contribution in [2.24, 2.45) is 0 Å². The molecule has 1 aliphatic rings. The molecule has 0 fully saturated rings. The zero-order valence-corrected chi connectivity index (χ0v) is 8.37. The van der Waals surface area contributed by atoms with E-state index in [1.54, 1.807) is 12.1 Å². The number of fused-ring (bicyclic) bond motifs is 1. The number of carbonyl (C=O) groups is 1. The summed E-state index contributed by atoms with van der Waals surface area (Å²) in [4.78, 5) is 11.2. The van der Waals surface area contributed by atoms with Crippen molar-refractivity contribution in [1.82, 2.24) is 5.32 Å². The smallest absolute Gasteiger partial charge is 0.251 e. The lowest BCUT2D eigenvalue weighted by Crippen LogP contribution is -2.12. The fourth-order valence-corrected chi connectivity index (χ4v) is 2.20. The number of amides is 1. The molecule has 4 heteroatoms. The van der Waals surface area contributed by atoms with Gasteiger partial charge in [-0.1, -0.05) is 27.5 Å². The van der Waals surface area contributed by atoms with E-state index in [0.717, 1.165) is 10.0 Å². The summed E-state index contributed by atoms with van der Waals surface area (Å²) in [5.41, 5.74) is 1.67. The van der Waals surface area contributed by atoms with E-state index in [0.29, 0.717) is 17.1 Å². The predicted molar refractivity (Wildman–Crippen MR) is 50.3 cm³/mol. The first kappa shape index (κ1) is 8.08. The normalized spacial score (nSPS) is 14.3. The summed E-state index contributed by atoms with van der Waals surface area (Å²) in [6, 6.07) is 3.48. The molecule has 1 N–H and O–H groups in total. The fourth-order valence-electron chi connectivity index (χ4n) is 1.25. The first-order valence-corrected chi connectivity index (χ1v) is 4.61. The molecule has 2 nitrogen and oxygen atoms in total. The second-order valence-corrected chi connectivity index (χ2v) is 3.89. The van der Waals surface area contributed by atoms with Crippen LogP contribution in [0, 0.1) is 0 Å².